The van der Waals surface area contributed by atoms with Gasteiger partial charge in [-0.05, 0) is 55.4 Å². The molecule has 1 N–H and O–H groups in total. The van der Waals surface area contributed by atoms with E-state index in [1.807, 2.05) is 37.3 Å². The molecule has 0 unspecified atom stereocenters. The third-order valence-corrected chi connectivity index (χ3v) is 5.14. The van der Waals surface area contributed by atoms with Gasteiger partial charge in [0.2, 0.25) is 5.91 Å². The Morgan fingerprint density at radius 1 is 1.07 bits per heavy atom. The average Bonchev–Trinajstić information content (AvgIpc) is 2.76. The Bertz CT molecular complexity index is 856. The van der Waals surface area contributed by atoms with Gasteiger partial charge in [-0.2, -0.15) is 0 Å². The van der Waals surface area contributed by atoms with E-state index in [4.69, 9.17) is 9.47 Å². The van der Waals surface area contributed by atoms with Crippen LogP contribution in [0.25, 0.3) is 6.08 Å². The van der Waals surface area contributed by atoms with E-state index in [9.17, 15) is 4.79 Å². The lowest BCUT2D eigenvalue weighted by Crippen LogP contribution is -2.43. The molecular formula is C24H31N3O3. The molecule has 1 amide bonds. The standard InChI is InChI=1S/C24H31N3O3/c1-4-30-22-11-7-19(17-23(22)29-3)8-12-24(28)25-21-9-5-20(6-10-21)18-27-15-13-26(2)14-16-27/h5-12,17H,4,13-16,18H2,1-3H3,(H,25,28)/b12-8+. The molecule has 0 saturated carbocycles. The van der Waals surface area contributed by atoms with Crippen molar-refractivity contribution in [3.8, 4) is 11.5 Å². The Morgan fingerprint density at radius 3 is 2.47 bits per heavy atom. The summed E-state index contributed by atoms with van der Waals surface area (Å²) < 4.78 is 10.9. The number of amides is 1. The highest BCUT2D eigenvalue weighted by atomic mass is 16.5. The van der Waals surface area contributed by atoms with Gasteiger partial charge in [0.05, 0.1) is 13.7 Å². The lowest BCUT2D eigenvalue weighted by molar-refractivity contribution is -0.111. The van der Waals surface area contributed by atoms with Gasteiger partial charge >= 0.3 is 0 Å². The first-order valence-electron chi connectivity index (χ1n) is 10.4. The molecule has 0 bridgehead atoms. The van der Waals surface area contributed by atoms with E-state index in [0.717, 1.165) is 44.0 Å². The maximum atomic E-state index is 12.3. The predicted octanol–water partition coefficient (Wildman–Crippen LogP) is 3.49. The smallest absolute Gasteiger partial charge is 0.248 e. The topological polar surface area (TPSA) is 54.0 Å². The second kappa shape index (κ2) is 10.8. The molecule has 1 aliphatic rings. The Balaban J connectivity index is 1.53. The minimum Gasteiger partial charge on any atom is -0.493 e. The fraction of sp³-hybridized carbons (Fsp3) is 0.375. The zero-order valence-electron chi connectivity index (χ0n) is 18.1. The van der Waals surface area contributed by atoms with Crippen molar-refractivity contribution in [3.05, 3.63) is 59.7 Å². The van der Waals surface area contributed by atoms with Gasteiger partial charge < -0.3 is 19.7 Å². The van der Waals surface area contributed by atoms with Gasteiger partial charge in [0.25, 0.3) is 0 Å². The third-order valence-electron chi connectivity index (χ3n) is 5.14. The van der Waals surface area contributed by atoms with Gasteiger partial charge in [0, 0.05) is 44.5 Å². The molecule has 1 fully saturated rings. The lowest BCUT2D eigenvalue weighted by atomic mass is 10.1. The number of methoxy groups -OCH3 is 1. The summed E-state index contributed by atoms with van der Waals surface area (Å²) >= 11 is 0. The largest absolute Gasteiger partial charge is 0.493 e. The molecule has 0 aliphatic carbocycles. The minimum absolute atomic E-state index is 0.172. The summed E-state index contributed by atoms with van der Waals surface area (Å²) in [5.41, 5.74) is 2.92. The van der Waals surface area contributed by atoms with Gasteiger partial charge in [0.1, 0.15) is 0 Å². The summed E-state index contributed by atoms with van der Waals surface area (Å²) in [6, 6.07) is 13.7. The first kappa shape index (κ1) is 21.9. The van der Waals surface area contributed by atoms with E-state index in [1.54, 1.807) is 13.2 Å². The highest BCUT2D eigenvalue weighted by molar-refractivity contribution is 6.01. The van der Waals surface area contributed by atoms with E-state index in [1.165, 1.54) is 11.6 Å². The Labute approximate surface area is 179 Å². The number of carbonyl (C=O) groups is 1. The number of nitrogens with one attached hydrogen (secondary N) is 1. The van der Waals surface area contributed by atoms with E-state index in [-0.39, 0.29) is 5.91 Å². The van der Waals surface area contributed by atoms with Crippen molar-refractivity contribution in [2.24, 2.45) is 0 Å². The van der Waals surface area contributed by atoms with E-state index >= 15 is 0 Å². The second-order valence-electron chi connectivity index (χ2n) is 7.44. The van der Waals surface area contributed by atoms with Crippen molar-refractivity contribution in [3.63, 3.8) is 0 Å². The average molecular weight is 410 g/mol. The summed E-state index contributed by atoms with van der Waals surface area (Å²) in [7, 11) is 3.76. The molecule has 30 heavy (non-hydrogen) atoms. The van der Waals surface area contributed by atoms with Crippen molar-refractivity contribution < 1.29 is 14.3 Å². The Hall–Kier alpha value is -2.83. The van der Waals surface area contributed by atoms with Gasteiger partial charge in [-0.3, -0.25) is 9.69 Å². The highest BCUT2D eigenvalue weighted by Gasteiger charge is 2.13. The van der Waals surface area contributed by atoms with Crippen LogP contribution in [0, 0.1) is 0 Å². The van der Waals surface area contributed by atoms with E-state index in [0.29, 0.717) is 18.1 Å². The lowest BCUT2D eigenvalue weighted by Gasteiger charge is -2.32. The zero-order chi connectivity index (χ0) is 21.3. The molecule has 2 aromatic rings. The molecule has 0 atom stereocenters. The van der Waals surface area contributed by atoms with Crippen molar-refractivity contribution in [1.29, 1.82) is 0 Å². The molecule has 0 radical (unpaired) electrons. The highest BCUT2D eigenvalue weighted by Crippen LogP contribution is 2.28. The van der Waals surface area contributed by atoms with Crippen molar-refractivity contribution >= 4 is 17.7 Å². The maximum absolute atomic E-state index is 12.3. The third kappa shape index (κ3) is 6.34. The monoisotopic (exact) mass is 409 g/mol. The fourth-order valence-electron chi connectivity index (χ4n) is 3.38. The van der Waals surface area contributed by atoms with Crippen LogP contribution in [-0.2, 0) is 11.3 Å². The summed E-state index contributed by atoms with van der Waals surface area (Å²) in [5.74, 6) is 1.17. The minimum atomic E-state index is -0.172. The summed E-state index contributed by atoms with van der Waals surface area (Å²) in [6.45, 7) is 7.86. The maximum Gasteiger partial charge on any atom is 0.248 e. The van der Waals surface area contributed by atoms with Crippen LogP contribution in [0.4, 0.5) is 5.69 Å². The van der Waals surface area contributed by atoms with Crippen LogP contribution in [0.2, 0.25) is 0 Å². The molecule has 3 rings (SSSR count). The van der Waals surface area contributed by atoms with Crippen molar-refractivity contribution in [2.45, 2.75) is 13.5 Å². The van der Waals surface area contributed by atoms with Crippen LogP contribution in [0.3, 0.4) is 0 Å². The first-order chi connectivity index (χ1) is 14.6. The summed E-state index contributed by atoms with van der Waals surface area (Å²) in [5, 5.41) is 2.91. The second-order valence-corrected chi connectivity index (χ2v) is 7.44. The fourth-order valence-corrected chi connectivity index (χ4v) is 3.38. The molecule has 1 heterocycles. The molecule has 0 spiro atoms. The molecule has 1 saturated heterocycles. The summed E-state index contributed by atoms with van der Waals surface area (Å²) in [6.07, 6.45) is 3.28. The van der Waals surface area contributed by atoms with Crippen LogP contribution in [0.15, 0.2) is 48.5 Å². The number of benzene rings is 2. The van der Waals surface area contributed by atoms with Crippen LogP contribution in [0.1, 0.15) is 18.1 Å². The first-order valence-corrected chi connectivity index (χ1v) is 10.4. The SMILES string of the molecule is CCOc1ccc(/C=C/C(=O)Nc2ccc(CN3CCN(C)CC3)cc2)cc1OC. The zero-order valence-corrected chi connectivity index (χ0v) is 18.1. The molecule has 6 heteroatoms. The summed E-state index contributed by atoms with van der Waals surface area (Å²) in [4.78, 5) is 17.1. The number of hydrogen-bond acceptors (Lipinski definition) is 5. The number of anilines is 1. The molecule has 160 valence electrons. The number of nitrogens with zero attached hydrogens (tertiary/aromatic N) is 2. The number of likely N-dealkylation sites (N-methyl/N-ethyl adjacent to an activating group) is 1. The molecule has 1 aliphatic heterocycles. The van der Waals surface area contributed by atoms with Crippen LogP contribution >= 0.6 is 0 Å². The molecule has 2 aromatic carbocycles. The number of ether oxygens (including phenoxy) is 2. The van der Waals surface area contributed by atoms with Gasteiger partial charge in [-0.15, -0.1) is 0 Å². The van der Waals surface area contributed by atoms with Crippen molar-refractivity contribution in [1.82, 2.24) is 9.80 Å². The number of rotatable bonds is 8. The van der Waals surface area contributed by atoms with Gasteiger partial charge in [-0.1, -0.05) is 18.2 Å². The number of piperazine rings is 1. The Morgan fingerprint density at radius 2 is 1.80 bits per heavy atom. The van der Waals surface area contributed by atoms with Crippen LogP contribution in [-0.4, -0.2) is 62.7 Å². The molecule has 6 nitrogen and oxygen atoms in total. The van der Waals surface area contributed by atoms with Gasteiger partial charge in [0.15, 0.2) is 11.5 Å². The van der Waals surface area contributed by atoms with Crippen LogP contribution in [0.5, 0.6) is 11.5 Å². The van der Waals surface area contributed by atoms with Gasteiger partial charge in [-0.25, -0.2) is 0 Å². The molecular weight excluding hydrogens is 378 g/mol. The molecule has 0 aromatic heterocycles. The van der Waals surface area contributed by atoms with E-state index in [2.05, 4.69) is 34.3 Å². The van der Waals surface area contributed by atoms with E-state index < -0.39 is 0 Å². The number of hydrogen-bond donors (Lipinski definition) is 1. The number of carbonyl (C=O) groups excluding carboxylic acids is 1. The predicted molar refractivity (Wildman–Crippen MR) is 121 cm³/mol. The Kier molecular flexibility index (Phi) is 7.88. The quantitative estimate of drug-likeness (QED) is 0.677. The normalized spacial score (nSPS) is 15.3. The van der Waals surface area contributed by atoms with Crippen molar-refractivity contribution in [2.75, 3.05) is 52.3 Å². The van der Waals surface area contributed by atoms with Crippen LogP contribution < -0.4 is 14.8 Å².